The van der Waals surface area contributed by atoms with E-state index in [1.54, 1.807) is 0 Å². The molecule has 1 unspecified atom stereocenters. The fourth-order valence-corrected chi connectivity index (χ4v) is 2.21. The van der Waals surface area contributed by atoms with E-state index in [2.05, 4.69) is 59.9 Å². The van der Waals surface area contributed by atoms with Gasteiger partial charge in [-0.25, -0.2) is 4.98 Å². The van der Waals surface area contributed by atoms with Crippen molar-refractivity contribution in [3.8, 4) is 11.3 Å². The quantitative estimate of drug-likeness (QED) is 0.891. The topological polar surface area (TPSA) is 29.9 Å². The number of hydrogen-bond acceptors (Lipinski definition) is 2. The predicted molar refractivity (Wildman–Crippen MR) is 80.3 cm³/mol. The van der Waals surface area contributed by atoms with Gasteiger partial charge in [0.1, 0.15) is 0 Å². The summed E-state index contributed by atoms with van der Waals surface area (Å²) in [6.45, 7) is 6.55. The summed E-state index contributed by atoms with van der Waals surface area (Å²) in [5.74, 6) is 0. The zero-order chi connectivity index (χ0) is 13.8. The van der Waals surface area contributed by atoms with Crippen LogP contribution in [0.5, 0.6) is 0 Å². The van der Waals surface area contributed by atoms with Crippen LogP contribution >= 0.6 is 0 Å². The van der Waals surface area contributed by atoms with Crippen molar-refractivity contribution >= 4 is 0 Å². The number of aromatic nitrogens is 2. The molecule has 1 aromatic heterocycles. The maximum absolute atomic E-state index is 4.26. The summed E-state index contributed by atoms with van der Waals surface area (Å²) in [5, 5.41) is 3.27. The Bertz CT molecular complexity index is 511. The molecule has 0 amide bonds. The van der Waals surface area contributed by atoms with Gasteiger partial charge in [-0.2, -0.15) is 0 Å². The van der Waals surface area contributed by atoms with Crippen LogP contribution in [-0.2, 0) is 6.42 Å². The molecule has 1 N–H and O–H groups in total. The van der Waals surface area contributed by atoms with E-state index in [4.69, 9.17) is 0 Å². The highest BCUT2D eigenvalue weighted by Gasteiger charge is 2.08. The summed E-state index contributed by atoms with van der Waals surface area (Å²) in [7, 11) is 2.00. The van der Waals surface area contributed by atoms with E-state index in [1.807, 2.05) is 19.6 Å². The third kappa shape index (κ3) is 3.24. The Morgan fingerprint density at radius 1 is 1.16 bits per heavy atom. The third-order valence-corrected chi connectivity index (χ3v) is 3.51. The third-order valence-electron chi connectivity index (χ3n) is 3.51. The lowest BCUT2D eigenvalue weighted by Gasteiger charge is -2.13. The van der Waals surface area contributed by atoms with Crippen LogP contribution in [0.1, 0.15) is 32.4 Å². The molecule has 2 rings (SSSR count). The number of nitrogens with one attached hydrogen (secondary N) is 1. The van der Waals surface area contributed by atoms with Crippen molar-refractivity contribution in [2.24, 2.45) is 0 Å². The van der Waals surface area contributed by atoms with Gasteiger partial charge in [-0.15, -0.1) is 0 Å². The van der Waals surface area contributed by atoms with Gasteiger partial charge in [0.25, 0.3) is 0 Å². The molecule has 0 aliphatic heterocycles. The number of rotatable bonds is 5. The zero-order valence-corrected chi connectivity index (χ0v) is 12.2. The molecule has 1 aromatic carbocycles. The van der Waals surface area contributed by atoms with Crippen molar-refractivity contribution in [3.05, 3.63) is 42.4 Å². The average Bonchev–Trinajstić information content (AvgIpc) is 2.89. The van der Waals surface area contributed by atoms with Gasteiger partial charge in [0, 0.05) is 12.1 Å². The zero-order valence-electron chi connectivity index (χ0n) is 12.2. The van der Waals surface area contributed by atoms with E-state index in [0.29, 0.717) is 12.1 Å². The summed E-state index contributed by atoms with van der Waals surface area (Å²) >= 11 is 0. The van der Waals surface area contributed by atoms with Crippen LogP contribution < -0.4 is 5.32 Å². The van der Waals surface area contributed by atoms with Crippen LogP contribution in [0, 0.1) is 0 Å². The monoisotopic (exact) mass is 257 g/mol. The van der Waals surface area contributed by atoms with Gasteiger partial charge >= 0.3 is 0 Å². The van der Waals surface area contributed by atoms with Gasteiger partial charge in [-0.05, 0) is 45.4 Å². The second-order valence-electron chi connectivity index (χ2n) is 5.37. The molecule has 102 valence electrons. The molecule has 2 aromatic rings. The Kier molecular flexibility index (Phi) is 4.38. The molecular weight excluding hydrogens is 234 g/mol. The molecule has 0 aliphatic rings. The van der Waals surface area contributed by atoms with Crippen molar-refractivity contribution in [2.45, 2.75) is 39.3 Å². The van der Waals surface area contributed by atoms with Gasteiger partial charge in [0.05, 0.1) is 18.2 Å². The summed E-state index contributed by atoms with van der Waals surface area (Å²) in [6, 6.07) is 9.73. The van der Waals surface area contributed by atoms with E-state index in [0.717, 1.165) is 6.42 Å². The fraction of sp³-hybridized carbons (Fsp3) is 0.438. The molecule has 1 heterocycles. The molecule has 0 spiro atoms. The largest absolute Gasteiger partial charge is 0.328 e. The van der Waals surface area contributed by atoms with Crippen molar-refractivity contribution in [3.63, 3.8) is 0 Å². The highest BCUT2D eigenvalue weighted by Crippen LogP contribution is 2.22. The number of benzene rings is 1. The minimum Gasteiger partial charge on any atom is -0.328 e. The fourth-order valence-electron chi connectivity index (χ4n) is 2.21. The first-order valence-electron chi connectivity index (χ1n) is 6.90. The van der Waals surface area contributed by atoms with Gasteiger partial charge in [0.15, 0.2) is 0 Å². The van der Waals surface area contributed by atoms with Crippen molar-refractivity contribution < 1.29 is 0 Å². The SMILES string of the molecule is CNC(C)Cc1ccc(-c2cncn2C(C)C)cc1. The molecule has 0 fully saturated rings. The highest BCUT2D eigenvalue weighted by atomic mass is 15.1. The van der Waals surface area contributed by atoms with Gasteiger partial charge in [-0.1, -0.05) is 24.3 Å². The van der Waals surface area contributed by atoms with E-state index >= 15 is 0 Å². The van der Waals surface area contributed by atoms with Crippen LogP contribution in [-0.4, -0.2) is 22.6 Å². The number of nitrogens with zero attached hydrogens (tertiary/aromatic N) is 2. The molecular formula is C16H23N3. The molecule has 19 heavy (non-hydrogen) atoms. The van der Waals surface area contributed by atoms with Gasteiger partial charge in [0.2, 0.25) is 0 Å². The maximum atomic E-state index is 4.26. The predicted octanol–water partition coefficient (Wildman–Crippen LogP) is 3.28. The Morgan fingerprint density at radius 3 is 2.42 bits per heavy atom. The normalized spacial score (nSPS) is 12.9. The average molecular weight is 257 g/mol. The van der Waals surface area contributed by atoms with E-state index in [1.165, 1.54) is 16.8 Å². The Hall–Kier alpha value is -1.61. The van der Waals surface area contributed by atoms with Crippen LogP contribution in [0.25, 0.3) is 11.3 Å². The molecule has 1 atom stereocenters. The Morgan fingerprint density at radius 2 is 1.84 bits per heavy atom. The smallest absolute Gasteiger partial charge is 0.0953 e. The second-order valence-corrected chi connectivity index (χ2v) is 5.37. The lowest BCUT2D eigenvalue weighted by molar-refractivity contribution is 0.605. The summed E-state index contributed by atoms with van der Waals surface area (Å²) in [5.41, 5.74) is 3.77. The molecule has 0 aliphatic carbocycles. The van der Waals surface area contributed by atoms with Crippen molar-refractivity contribution in [2.75, 3.05) is 7.05 Å². The number of hydrogen-bond donors (Lipinski definition) is 1. The van der Waals surface area contributed by atoms with Crippen LogP contribution in [0.15, 0.2) is 36.8 Å². The van der Waals surface area contributed by atoms with Crippen LogP contribution in [0.2, 0.25) is 0 Å². The summed E-state index contributed by atoms with van der Waals surface area (Å²) < 4.78 is 2.20. The van der Waals surface area contributed by atoms with Gasteiger partial charge < -0.3 is 9.88 Å². The molecule has 3 heteroatoms. The maximum Gasteiger partial charge on any atom is 0.0953 e. The van der Waals surface area contributed by atoms with Crippen LogP contribution in [0.4, 0.5) is 0 Å². The van der Waals surface area contributed by atoms with Crippen molar-refractivity contribution in [1.29, 1.82) is 0 Å². The minimum atomic E-state index is 0.432. The summed E-state index contributed by atoms with van der Waals surface area (Å²) in [6.07, 6.45) is 4.89. The Balaban J connectivity index is 2.20. The second kappa shape index (κ2) is 6.02. The van der Waals surface area contributed by atoms with E-state index in [9.17, 15) is 0 Å². The molecule has 3 nitrogen and oxygen atoms in total. The molecule has 0 saturated heterocycles. The van der Waals surface area contributed by atoms with Gasteiger partial charge in [-0.3, -0.25) is 0 Å². The molecule has 0 bridgehead atoms. The van der Waals surface area contributed by atoms with E-state index in [-0.39, 0.29) is 0 Å². The lowest BCUT2D eigenvalue weighted by atomic mass is 10.0. The number of imidazole rings is 1. The van der Waals surface area contributed by atoms with E-state index < -0.39 is 0 Å². The Labute approximate surface area is 115 Å². The minimum absolute atomic E-state index is 0.432. The molecule has 0 saturated carbocycles. The number of likely N-dealkylation sites (N-methyl/N-ethyl adjacent to an activating group) is 1. The first-order chi connectivity index (χ1) is 9.11. The standard InChI is InChI=1S/C16H23N3/c1-12(2)19-11-18-10-16(19)15-7-5-14(6-8-15)9-13(3)17-4/h5-8,10-13,17H,9H2,1-4H3. The van der Waals surface area contributed by atoms with Crippen molar-refractivity contribution in [1.82, 2.24) is 14.9 Å². The first kappa shape index (κ1) is 13.8. The first-order valence-corrected chi connectivity index (χ1v) is 6.90. The molecule has 0 radical (unpaired) electrons. The summed E-state index contributed by atoms with van der Waals surface area (Å²) in [4.78, 5) is 4.26. The van der Waals surface area contributed by atoms with Crippen LogP contribution in [0.3, 0.4) is 0 Å². The highest BCUT2D eigenvalue weighted by molar-refractivity contribution is 5.59. The lowest BCUT2D eigenvalue weighted by Crippen LogP contribution is -2.23.